The second-order valence-electron chi connectivity index (χ2n) is 7.28. The normalized spacial score (nSPS) is 24.7. The maximum absolute atomic E-state index is 12.3. The van der Waals surface area contributed by atoms with Crippen LogP contribution in [-0.2, 0) is 19.4 Å². The van der Waals surface area contributed by atoms with Gasteiger partial charge in [-0.05, 0) is 5.41 Å². The minimum absolute atomic E-state index is 0.0572. The first kappa shape index (κ1) is 16.3. The van der Waals surface area contributed by atoms with E-state index in [2.05, 4.69) is 0 Å². The second kappa shape index (κ2) is 4.97. The van der Waals surface area contributed by atoms with Crippen molar-refractivity contribution < 1.29 is 18.0 Å². The van der Waals surface area contributed by atoms with Crippen molar-refractivity contribution in [1.82, 2.24) is 9.80 Å². The molecule has 2 saturated heterocycles. The molecule has 0 unspecified atom stereocenters. The van der Waals surface area contributed by atoms with Gasteiger partial charge in [-0.15, -0.1) is 0 Å². The second-order valence-corrected chi connectivity index (χ2v) is 9.55. The number of piperidine rings is 1. The van der Waals surface area contributed by atoms with Crippen LogP contribution in [0, 0.1) is 5.41 Å². The Bertz CT molecular complexity index is 554. The zero-order chi connectivity index (χ0) is 16.1. The lowest BCUT2D eigenvalue weighted by Crippen LogP contribution is -2.56. The van der Waals surface area contributed by atoms with E-state index in [0.717, 1.165) is 0 Å². The van der Waals surface area contributed by atoms with Gasteiger partial charge in [0.25, 0.3) is 0 Å². The SMILES string of the molecule is CN1C(=O)CS(=O)(=O)C12CCN(C(=O)CC(C)(C)C)CC2. The third kappa shape index (κ3) is 2.80. The third-order valence-electron chi connectivity index (χ3n) is 4.46. The lowest BCUT2D eigenvalue weighted by molar-refractivity contribution is -0.136. The minimum atomic E-state index is -3.45. The van der Waals surface area contributed by atoms with Crippen molar-refractivity contribution in [1.29, 1.82) is 0 Å². The Balaban J connectivity index is 2.10. The monoisotopic (exact) mass is 316 g/mol. The highest BCUT2D eigenvalue weighted by Crippen LogP contribution is 2.39. The van der Waals surface area contributed by atoms with E-state index in [-0.39, 0.29) is 17.2 Å². The van der Waals surface area contributed by atoms with E-state index in [0.29, 0.717) is 32.4 Å². The Morgan fingerprint density at radius 3 is 2.14 bits per heavy atom. The molecular weight excluding hydrogens is 292 g/mol. The van der Waals surface area contributed by atoms with Crippen molar-refractivity contribution in [3.8, 4) is 0 Å². The quantitative estimate of drug-likeness (QED) is 0.711. The molecule has 2 aliphatic rings. The van der Waals surface area contributed by atoms with E-state index < -0.39 is 20.5 Å². The van der Waals surface area contributed by atoms with E-state index in [9.17, 15) is 18.0 Å². The van der Waals surface area contributed by atoms with Gasteiger partial charge in [-0.25, -0.2) is 8.42 Å². The van der Waals surface area contributed by atoms with Crippen molar-refractivity contribution in [3.05, 3.63) is 0 Å². The van der Waals surface area contributed by atoms with Gasteiger partial charge in [0.05, 0.1) is 0 Å². The molecule has 0 aromatic heterocycles. The molecule has 2 amide bonds. The maximum atomic E-state index is 12.3. The summed E-state index contributed by atoms with van der Waals surface area (Å²) in [6.45, 7) is 6.80. The van der Waals surface area contributed by atoms with Crippen LogP contribution in [-0.4, -0.2) is 60.8 Å². The Morgan fingerprint density at radius 1 is 1.24 bits per heavy atom. The third-order valence-corrected chi connectivity index (χ3v) is 6.92. The van der Waals surface area contributed by atoms with Crippen molar-refractivity contribution in [2.24, 2.45) is 5.41 Å². The van der Waals surface area contributed by atoms with Gasteiger partial charge in [-0.2, -0.15) is 0 Å². The minimum Gasteiger partial charge on any atom is -0.342 e. The highest BCUT2D eigenvalue weighted by molar-refractivity contribution is 7.93. The van der Waals surface area contributed by atoms with Gasteiger partial charge in [0.15, 0.2) is 9.84 Å². The lowest BCUT2D eigenvalue weighted by atomic mass is 9.91. The number of hydrogen-bond acceptors (Lipinski definition) is 4. The van der Waals surface area contributed by atoms with Gasteiger partial charge in [-0.1, -0.05) is 20.8 Å². The smallest absolute Gasteiger partial charge is 0.238 e. The summed E-state index contributed by atoms with van der Waals surface area (Å²) in [5.74, 6) is -0.689. The first-order chi connectivity index (χ1) is 9.48. The molecule has 0 saturated carbocycles. The largest absolute Gasteiger partial charge is 0.342 e. The number of carbonyl (C=O) groups excluding carboxylic acids is 2. The van der Waals surface area contributed by atoms with Crippen LogP contribution in [0.3, 0.4) is 0 Å². The average Bonchev–Trinajstić information content (AvgIpc) is 2.49. The molecule has 0 aromatic rings. The molecule has 2 rings (SSSR count). The van der Waals surface area contributed by atoms with Gasteiger partial charge in [0.1, 0.15) is 10.6 Å². The fraction of sp³-hybridized carbons (Fsp3) is 0.857. The molecule has 21 heavy (non-hydrogen) atoms. The standard InChI is InChI=1S/C14H24N2O4S/c1-13(2,3)9-11(17)16-7-5-14(6-8-16)15(4)12(18)10-21(14,19)20/h5-10H2,1-4H3. The zero-order valence-electron chi connectivity index (χ0n) is 13.2. The summed E-state index contributed by atoms with van der Waals surface area (Å²) in [5, 5.41) is 0. The number of carbonyl (C=O) groups is 2. The van der Waals surface area contributed by atoms with Crippen LogP contribution in [0.4, 0.5) is 0 Å². The number of likely N-dealkylation sites (tertiary alicyclic amines) is 1. The number of hydrogen-bond donors (Lipinski definition) is 0. The molecule has 0 radical (unpaired) electrons. The Hall–Kier alpha value is -1.11. The van der Waals surface area contributed by atoms with Crippen LogP contribution >= 0.6 is 0 Å². The number of sulfone groups is 1. The Kier molecular flexibility index (Phi) is 3.85. The summed E-state index contributed by atoms with van der Waals surface area (Å²) >= 11 is 0. The fourth-order valence-electron chi connectivity index (χ4n) is 3.15. The summed E-state index contributed by atoms with van der Waals surface area (Å²) in [6, 6.07) is 0. The van der Waals surface area contributed by atoms with Crippen LogP contribution in [0.1, 0.15) is 40.0 Å². The lowest BCUT2D eigenvalue weighted by Gasteiger charge is -2.42. The van der Waals surface area contributed by atoms with Crippen molar-refractivity contribution >= 4 is 21.7 Å². The van der Waals surface area contributed by atoms with E-state index in [1.807, 2.05) is 20.8 Å². The van der Waals surface area contributed by atoms with Crippen molar-refractivity contribution in [2.75, 3.05) is 25.9 Å². The molecule has 0 bridgehead atoms. The summed E-state index contributed by atoms with van der Waals surface area (Å²) in [5.41, 5.74) is -0.0849. The molecule has 0 atom stereocenters. The Morgan fingerprint density at radius 2 is 1.76 bits per heavy atom. The van der Waals surface area contributed by atoms with Gasteiger partial charge in [-0.3, -0.25) is 9.59 Å². The molecular formula is C14H24N2O4S. The topological polar surface area (TPSA) is 74.8 Å². The summed E-state index contributed by atoms with van der Waals surface area (Å²) in [6.07, 6.45) is 1.07. The molecule has 0 N–H and O–H groups in total. The first-order valence-electron chi connectivity index (χ1n) is 7.25. The molecule has 0 aliphatic carbocycles. The molecule has 6 nitrogen and oxygen atoms in total. The number of nitrogens with zero attached hydrogens (tertiary/aromatic N) is 2. The van der Waals surface area contributed by atoms with Gasteiger partial charge in [0.2, 0.25) is 11.8 Å². The van der Waals surface area contributed by atoms with Crippen LogP contribution in [0.2, 0.25) is 0 Å². The number of rotatable bonds is 1. The van der Waals surface area contributed by atoms with Crippen LogP contribution in [0.5, 0.6) is 0 Å². The molecule has 0 aromatic carbocycles. The molecule has 2 aliphatic heterocycles. The molecule has 7 heteroatoms. The van der Waals surface area contributed by atoms with Crippen molar-refractivity contribution in [2.45, 2.75) is 44.9 Å². The predicted molar refractivity (Wildman–Crippen MR) is 79.2 cm³/mol. The van der Waals surface area contributed by atoms with E-state index in [1.54, 1.807) is 11.9 Å². The maximum Gasteiger partial charge on any atom is 0.238 e. The number of amides is 2. The van der Waals surface area contributed by atoms with Gasteiger partial charge in [0, 0.05) is 39.4 Å². The van der Waals surface area contributed by atoms with Gasteiger partial charge < -0.3 is 9.80 Å². The van der Waals surface area contributed by atoms with Crippen LogP contribution in [0.25, 0.3) is 0 Å². The van der Waals surface area contributed by atoms with Gasteiger partial charge >= 0.3 is 0 Å². The molecule has 1 spiro atoms. The Labute approximate surface area is 126 Å². The highest BCUT2D eigenvalue weighted by atomic mass is 32.2. The van der Waals surface area contributed by atoms with Crippen LogP contribution in [0.15, 0.2) is 0 Å². The van der Waals surface area contributed by atoms with E-state index in [4.69, 9.17) is 0 Å². The fourth-order valence-corrected chi connectivity index (χ4v) is 5.26. The van der Waals surface area contributed by atoms with Crippen LogP contribution < -0.4 is 0 Å². The predicted octanol–water partition coefficient (Wildman–Crippen LogP) is 0.628. The summed E-state index contributed by atoms with van der Waals surface area (Å²) < 4.78 is 24.6. The van der Waals surface area contributed by atoms with E-state index >= 15 is 0 Å². The average molecular weight is 316 g/mol. The highest BCUT2D eigenvalue weighted by Gasteiger charge is 2.57. The van der Waals surface area contributed by atoms with E-state index in [1.165, 1.54) is 4.90 Å². The summed E-state index contributed by atoms with van der Waals surface area (Å²) in [4.78, 5) is 26.0. The first-order valence-corrected chi connectivity index (χ1v) is 8.90. The zero-order valence-corrected chi connectivity index (χ0v) is 14.0. The van der Waals surface area contributed by atoms with Crippen molar-refractivity contribution in [3.63, 3.8) is 0 Å². The molecule has 2 heterocycles. The molecule has 2 fully saturated rings. The molecule has 120 valence electrons. The summed E-state index contributed by atoms with van der Waals surface area (Å²) in [7, 11) is -1.90.